The van der Waals surface area contributed by atoms with E-state index >= 15 is 0 Å². The van der Waals surface area contributed by atoms with Crippen LogP contribution in [0.25, 0.3) is 0 Å². The zero-order valence-corrected chi connectivity index (χ0v) is 7.69. The van der Waals surface area contributed by atoms with E-state index in [0.29, 0.717) is 6.42 Å². The normalized spacial score (nSPS) is 12.1. The topological polar surface area (TPSA) is 98.2 Å². The maximum atomic E-state index is 10.7. The Morgan fingerprint density at radius 2 is 2.08 bits per heavy atom. The first-order valence-electron chi connectivity index (χ1n) is 3.42. The second kappa shape index (κ2) is 5.70. The summed E-state index contributed by atoms with van der Waals surface area (Å²) in [5.74, 6) is 0.205. The average Bonchev–Trinajstić information content (AvgIpc) is 1.96. The van der Waals surface area contributed by atoms with Crippen LogP contribution < -0.4 is 16.8 Å². The molecule has 70 valence electrons. The summed E-state index contributed by atoms with van der Waals surface area (Å²) in [7, 11) is 0. The Morgan fingerprint density at radius 1 is 1.50 bits per heavy atom. The molecular weight excluding hydrogens is 178 g/mol. The summed E-state index contributed by atoms with van der Waals surface area (Å²) in [5, 5.41) is 2.27. The second-order valence-corrected chi connectivity index (χ2v) is 3.23. The first-order chi connectivity index (χ1) is 5.57. The van der Waals surface area contributed by atoms with E-state index in [4.69, 9.17) is 11.5 Å². The highest BCUT2D eigenvalue weighted by atomic mass is 32.2. The molecule has 5 N–H and O–H groups in total. The molecule has 0 aliphatic carbocycles. The van der Waals surface area contributed by atoms with E-state index in [1.54, 1.807) is 11.8 Å². The smallest absolute Gasteiger partial charge is 0.312 e. The number of thioether (sulfide) groups is 1. The third-order valence-electron chi connectivity index (χ3n) is 1.27. The Labute approximate surface area is 75.2 Å². The van der Waals surface area contributed by atoms with Crippen molar-refractivity contribution in [3.63, 3.8) is 0 Å². The lowest BCUT2D eigenvalue weighted by atomic mass is 10.2. The first kappa shape index (κ1) is 11.1. The maximum Gasteiger partial charge on any atom is 0.312 e. The van der Waals surface area contributed by atoms with E-state index in [1.165, 1.54) is 0 Å². The number of urea groups is 1. The predicted octanol–water partition coefficient (Wildman–Crippen LogP) is -0.738. The first-order valence-corrected chi connectivity index (χ1v) is 4.81. The van der Waals surface area contributed by atoms with Gasteiger partial charge < -0.3 is 16.8 Å². The molecule has 0 saturated heterocycles. The molecule has 0 aliphatic rings. The molecule has 0 aromatic rings. The van der Waals surface area contributed by atoms with Gasteiger partial charge in [0.2, 0.25) is 5.91 Å². The quantitative estimate of drug-likeness (QED) is 0.534. The van der Waals surface area contributed by atoms with Crippen LogP contribution in [0, 0.1) is 0 Å². The molecule has 0 aromatic heterocycles. The van der Waals surface area contributed by atoms with Crippen LogP contribution in [-0.2, 0) is 4.79 Å². The monoisotopic (exact) mass is 191 g/mol. The molecule has 0 saturated carbocycles. The van der Waals surface area contributed by atoms with Gasteiger partial charge in [-0.2, -0.15) is 11.8 Å². The van der Waals surface area contributed by atoms with E-state index in [9.17, 15) is 9.59 Å². The van der Waals surface area contributed by atoms with Gasteiger partial charge in [-0.05, 0) is 18.4 Å². The fourth-order valence-electron chi connectivity index (χ4n) is 0.693. The van der Waals surface area contributed by atoms with Gasteiger partial charge in [0.15, 0.2) is 0 Å². The minimum Gasteiger partial charge on any atom is -0.368 e. The van der Waals surface area contributed by atoms with Crippen molar-refractivity contribution in [2.45, 2.75) is 12.5 Å². The van der Waals surface area contributed by atoms with Crippen molar-refractivity contribution in [2.24, 2.45) is 11.5 Å². The van der Waals surface area contributed by atoms with Gasteiger partial charge >= 0.3 is 6.03 Å². The Bertz CT molecular complexity index is 174. The Kier molecular flexibility index (Phi) is 5.27. The number of nitrogens with one attached hydrogen (secondary N) is 1. The Morgan fingerprint density at radius 3 is 2.42 bits per heavy atom. The number of carbonyl (C=O) groups excluding carboxylic acids is 2. The van der Waals surface area contributed by atoms with E-state index in [-0.39, 0.29) is 0 Å². The largest absolute Gasteiger partial charge is 0.368 e. The fourth-order valence-corrected chi connectivity index (χ4v) is 1.16. The van der Waals surface area contributed by atoms with Gasteiger partial charge in [-0.15, -0.1) is 0 Å². The van der Waals surface area contributed by atoms with Crippen LogP contribution in [0.15, 0.2) is 0 Å². The summed E-state index contributed by atoms with van der Waals surface area (Å²) in [6.07, 6.45) is 2.42. The minimum absolute atomic E-state index is 0.513. The molecule has 3 amide bonds. The molecule has 12 heavy (non-hydrogen) atoms. The lowest BCUT2D eigenvalue weighted by molar-refractivity contribution is -0.119. The number of carbonyl (C=O) groups is 2. The molecule has 5 nitrogen and oxygen atoms in total. The molecule has 0 radical (unpaired) electrons. The van der Waals surface area contributed by atoms with Crippen molar-refractivity contribution < 1.29 is 9.59 Å². The zero-order chi connectivity index (χ0) is 9.56. The van der Waals surface area contributed by atoms with E-state index in [1.807, 2.05) is 6.26 Å². The number of nitrogens with two attached hydrogens (primary N) is 2. The van der Waals surface area contributed by atoms with Crippen LogP contribution in [0.2, 0.25) is 0 Å². The second-order valence-electron chi connectivity index (χ2n) is 2.25. The molecule has 0 spiro atoms. The molecule has 0 aliphatic heterocycles. The van der Waals surface area contributed by atoms with Gasteiger partial charge in [0.05, 0.1) is 0 Å². The summed E-state index contributed by atoms with van der Waals surface area (Å²) in [4.78, 5) is 21.1. The molecule has 0 unspecified atom stereocenters. The van der Waals surface area contributed by atoms with Crippen LogP contribution in [0.4, 0.5) is 4.79 Å². The highest BCUT2D eigenvalue weighted by Crippen LogP contribution is 1.99. The lowest BCUT2D eigenvalue weighted by Gasteiger charge is -2.12. The molecule has 0 rings (SSSR count). The van der Waals surface area contributed by atoms with Crippen LogP contribution in [0.3, 0.4) is 0 Å². The molecule has 0 fully saturated rings. The van der Waals surface area contributed by atoms with Crippen molar-refractivity contribution in [3.05, 3.63) is 0 Å². The van der Waals surface area contributed by atoms with Crippen LogP contribution in [-0.4, -0.2) is 30.0 Å². The number of hydrogen-bond donors (Lipinski definition) is 3. The molecular formula is C6H13N3O2S. The molecule has 1 atom stereocenters. The number of primary amides is 2. The van der Waals surface area contributed by atoms with Crippen molar-refractivity contribution in [3.8, 4) is 0 Å². The van der Waals surface area contributed by atoms with E-state index in [2.05, 4.69) is 5.32 Å². The third-order valence-corrected chi connectivity index (χ3v) is 1.91. The van der Waals surface area contributed by atoms with Gasteiger partial charge in [0.25, 0.3) is 0 Å². The van der Waals surface area contributed by atoms with Crippen LogP contribution >= 0.6 is 11.8 Å². The molecule has 0 bridgehead atoms. The zero-order valence-electron chi connectivity index (χ0n) is 6.87. The summed E-state index contributed by atoms with van der Waals surface area (Å²) in [6, 6.07) is -1.37. The summed E-state index contributed by atoms with van der Waals surface area (Å²) < 4.78 is 0. The summed E-state index contributed by atoms with van der Waals surface area (Å²) >= 11 is 1.57. The predicted molar refractivity (Wildman–Crippen MR) is 48.7 cm³/mol. The molecule has 6 heteroatoms. The highest BCUT2D eigenvalue weighted by Gasteiger charge is 2.15. The van der Waals surface area contributed by atoms with Crippen molar-refractivity contribution in [2.75, 3.05) is 12.0 Å². The number of rotatable bonds is 5. The molecule has 0 aromatic carbocycles. The maximum absolute atomic E-state index is 10.7. The lowest BCUT2D eigenvalue weighted by Crippen LogP contribution is -2.46. The standard InChI is InChI=1S/C6H13N3O2S/c1-12-3-2-4(5(7)10)9-6(8)11/h4H,2-3H2,1H3,(H2,7,10)(H3,8,9,11)/t4-/m0/s1. The third kappa shape index (κ3) is 4.84. The van der Waals surface area contributed by atoms with Crippen LogP contribution in [0.5, 0.6) is 0 Å². The summed E-state index contributed by atoms with van der Waals surface area (Å²) in [6.45, 7) is 0. The van der Waals surface area contributed by atoms with Gasteiger partial charge in [0.1, 0.15) is 6.04 Å². The Hall–Kier alpha value is -0.910. The van der Waals surface area contributed by atoms with Crippen molar-refractivity contribution in [1.82, 2.24) is 5.32 Å². The SMILES string of the molecule is CSCC[C@H](NC(N)=O)C(N)=O. The Balaban J connectivity index is 3.87. The summed E-state index contributed by atoms with van der Waals surface area (Å²) in [5.41, 5.74) is 9.85. The van der Waals surface area contributed by atoms with Gasteiger partial charge in [-0.25, -0.2) is 4.79 Å². The average molecular weight is 191 g/mol. The minimum atomic E-state index is -0.722. The van der Waals surface area contributed by atoms with Gasteiger partial charge in [0, 0.05) is 0 Å². The van der Waals surface area contributed by atoms with Crippen LogP contribution in [0.1, 0.15) is 6.42 Å². The van der Waals surface area contributed by atoms with E-state index in [0.717, 1.165) is 5.75 Å². The molecule has 0 heterocycles. The van der Waals surface area contributed by atoms with Crippen molar-refractivity contribution >= 4 is 23.7 Å². The number of hydrogen-bond acceptors (Lipinski definition) is 3. The van der Waals surface area contributed by atoms with Gasteiger partial charge in [-0.3, -0.25) is 4.79 Å². The highest BCUT2D eigenvalue weighted by molar-refractivity contribution is 7.98. The van der Waals surface area contributed by atoms with E-state index < -0.39 is 18.0 Å². The fraction of sp³-hybridized carbons (Fsp3) is 0.667. The van der Waals surface area contributed by atoms with Crippen molar-refractivity contribution in [1.29, 1.82) is 0 Å². The number of amides is 3. The van der Waals surface area contributed by atoms with Gasteiger partial charge in [-0.1, -0.05) is 0 Å².